The predicted octanol–water partition coefficient (Wildman–Crippen LogP) is 4.72. The minimum Gasteiger partial charge on any atom is -0.294 e. The second kappa shape index (κ2) is 12.8. The Balaban J connectivity index is 2.14. The van der Waals surface area contributed by atoms with Gasteiger partial charge in [-0.1, -0.05) is 89.2 Å². The number of pyridine rings is 1. The number of carbonyl (C=O) groups excluding carboxylic acids is 4. The first-order valence-electron chi connectivity index (χ1n) is 14.7. The first-order valence-corrected chi connectivity index (χ1v) is 14.7. The van der Waals surface area contributed by atoms with E-state index in [1.165, 1.54) is 0 Å². The van der Waals surface area contributed by atoms with Crippen molar-refractivity contribution in [3.05, 3.63) is 18.2 Å². The summed E-state index contributed by atoms with van der Waals surface area (Å²) in [5, 5.41) is 10.7. The van der Waals surface area contributed by atoms with Crippen LogP contribution >= 0.6 is 0 Å². The van der Waals surface area contributed by atoms with Crippen molar-refractivity contribution in [2.75, 3.05) is 21.3 Å². The second-order valence-electron chi connectivity index (χ2n) is 14.8. The molecule has 0 aliphatic carbocycles. The van der Waals surface area contributed by atoms with Gasteiger partial charge in [-0.2, -0.15) is 29.9 Å². The summed E-state index contributed by atoms with van der Waals surface area (Å²) in [7, 11) is 0. The molecule has 0 spiro atoms. The lowest BCUT2D eigenvalue weighted by Gasteiger charge is -2.19. The third-order valence-electron chi connectivity index (χ3n) is 6.10. The Bertz CT molecular complexity index is 1450. The molecule has 3 aromatic heterocycles. The largest absolute Gasteiger partial charge is 0.294 e. The van der Waals surface area contributed by atoms with E-state index in [9.17, 15) is 19.2 Å². The van der Waals surface area contributed by atoms with Gasteiger partial charge in [-0.05, 0) is 12.1 Å². The van der Waals surface area contributed by atoms with Gasteiger partial charge in [-0.25, -0.2) is 4.98 Å². The quantitative estimate of drug-likeness (QED) is 0.292. The molecule has 246 valence electrons. The summed E-state index contributed by atoms with van der Waals surface area (Å²) in [4.78, 5) is 81.7. The average molecular weight is 634 g/mol. The van der Waals surface area contributed by atoms with Gasteiger partial charge in [0.1, 0.15) is 11.4 Å². The monoisotopic (exact) mass is 633 g/mol. The van der Waals surface area contributed by atoms with E-state index in [0.29, 0.717) is 0 Å². The second-order valence-corrected chi connectivity index (χ2v) is 14.8. The van der Waals surface area contributed by atoms with Crippen molar-refractivity contribution in [2.45, 2.75) is 83.1 Å². The third kappa shape index (κ3) is 9.52. The van der Waals surface area contributed by atoms with E-state index in [0.717, 1.165) is 0 Å². The van der Waals surface area contributed by atoms with E-state index in [4.69, 9.17) is 0 Å². The summed E-state index contributed by atoms with van der Waals surface area (Å²) < 4.78 is 0. The van der Waals surface area contributed by atoms with Crippen LogP contribution < -0.4 is 21.3 Å². The zero-order valence-corrected chi connectivity index (χ0v) is 28.5. The van der Waals surface area contributed by atoms with Gasteiger partial charge in [0.05, 0.1) is 0 Å². The Hall–Kier alpha value is -4.95. The van der Waals surface area contributed by atoms with Crippen LogP contribution in [0.1, 0.15) is 83.1 Å². The number of nitrogens with one attached hydrogen (secondary N) is 4. The third-order valence-corrected chi connectivity index (χ3v) is 6.10. The van der Waals surface area contributed by atoms with Crippen LogP contribution in [0.3, 0.4) is 0 Å². The molecule has 0 aliphatic heterocycles. The molecular formula is C31H43N11O4. The SMILES string of the molecule is CC(C)(C)C(=O)Nc1nc(NC(=O)C(C)(C)C)nc(-c2cccc(-c3nc(NC(=O)C(C)(C)C)nc(NC(=O)C(C)(C)C)n3)n2)n1. The van der Waals surface area contributed by atoms with Crippen LogP contribution in [0.5, 0.6) is 0 Å². The van der Waals surface area contributed by atoms with E-state index in [-0.39, 0.29) is 70.5 Å². The fourth-order valence-corrected chi connectivity index (χ4v) is 3.04. The van der Waals surface area contributed by atoms with Crippen LogP contribution in [0, 0.1) is 21.7 Å². The van der Waals surface area contributed by atoms with E-state index in [1.54, 1.807) is 101 Å². The molecule has 3 rings (SSSR count). The maximum atomic E-state index is 12.8. The highest BCUT2D eigenvalue weighted by molar-refractivity contribution is 5.96. The molecule has 4 N–H and O–H groups in total. The maximum absolute atomic E-state index is 12.8. The smallest absolute Gasteiger partial charge is 0.234 e. The van der Waals surface area contributed by atoms with Crippen molar-refractivity contribution in [3.63, 3.8) is 0 Å². The number of hydrogen-bond acceptors (Lipinski definition) is 11. The van der Waals surface area contributed by atoms with Gasteiger partial charge in [0.2, 0.25) is 47.4 Å². The van der Waals surface area contributed by atoms with Crippen molar-refractivity contribution in [2.24, 2.45) is 21.7 Å². The number of aromatic nitrogens is 7. The normalized spacial score (nSPS) is 12.3. The molecule has 0 atom stereocenters. The van der Waals surface area contributed by atoms with E-state index < -0.39 is 21.7 Å². The number of rotatable bonds is 6. The number of anilines is 4. The number of carbonyl (C=O) groups is 4. The molecule has 4 amide bonds. The Labute approximate surface area is 268 Å². The van der Waals surface area contributed by atoms with Crippen molar-refractivity contribution in [3.8, 4) is 23.0 Å². The van der Waals surface area contributed by atoms with Crippen molar-refractivity contribution >= 4 is 47.4 Å². The van der Waals surface area contributed by atoms with Gasteiger partial charge in [0, 0.05) is 21.7 Å². The van der Waals surface area contributed by atoms with Crippen molar-refractivity contribution in [1.82, 2.24) is 34.9 Å². The fraction of sp³-hybridized carbons (Fsp3) is 0.516. The molecule has 0 fully saturated rings. The molecular weight excluding hydrogens is 590 g/mol. The predicted molar refractivity (Wildman–Crippen MR) is 174 cm³/mol. The molecule has 0 radical (unpaired) electrons. The molecule has 0 bridgehead atoms. The summed E-state index contributed by atoms with van der Waals surface area (Å²) in [5.41, 5.74) is -2.54. The number of nitrogens with zero attached hydrogens (tertiary/aromatic N) is 7. The molecule has 46 heavy (non-hydrogen) atoms. The number of hydrogen-bond donors (Lipinski definition) is 4. The highest BCUT2D eigenvalue weighted by atomic mass is 16.2. The lowest BCUT2D eigenvalue weighted by atomic mass is 9.96. The Morgan fingerprint density at radius 2 is 0.652 bits per heavy atom. The van der Waals surface area contributed by atoms with Gasteiger partial charge in [0.25, 0.3) is 0 Å². The highest BCUT2D eigenvalue weighted by Gasteiger charge is 2.27. The minimum absolute atomic E-state index is 0.0434. The van der Waals surface area contributed by atoms with E-state index in [1.807, 2.05) is 0 Å². The fourth-order valence-electron chi connectivity index (χ4n) is 3.04. The van der Waals surface area contributed by atoms with Gasteiger partial charge < -0.3 is 0 Å². The first-order chi connectivity index (χ1) is 20.9. The van der Waals surface area contributed by atoms with E-state index in [2.05, 4.69) is 56.2 Å². The first kappa shape index (κ1) is 35.5. The lowest BCUT2D eigenvalue weighted by molar-refractivity contribution is -0.123. The summed E-state index contributed by atoms with van der Waals surface area (Å²) in [5.74, 6) is -1.63. The summed E-state index contributed by atoms with van der Waals surface area (Å²) in [6.07, 6.45) is 0. The Morgan fingerprint density at radius 3 is 0.870 bits per heavy atom. The van der Waals surface area contributed by atoms with Crippen molar-refractivity contribution < 1.29 is 19.2 Å². The Kier molecular flexibility index (Phi) is 9.89. The van der Waals surface area contributed by atoms with Crippen LogP contribution in [-0.2, 0) is 19.2 Å². The maximum Gasteiger partial charge on any atom is 0.234 e. The summed E-state index contributed by atoms with van der Waals surface area (Å²) in [6, 6.07) is 4.90. The van der Waals surface area contributed by atoms with Crippen LogP contribution in [0.2, 0.25) is 0 Å². The molecule has 15 heteroatoms. The van der Waals surface area contributed by atoms with Crippen LogP contribution in [-0.4, -0.2) is 58.5 Å². The molecule has 3 aromatic rings. The van der Waals surface area contributed by atoms with Gasteiger partial charge >= 0.3 is 0 Å². The van der Waals surface area contributed by atoms with Crippen LogP contribution in [0.25, 0.3) is 23.0 Å². The molecule has 0 saturated carbocycles. The average Bonchev–Trinajstić information content (AvgIpc) is 2.90. The molecule has 0 aromatic carbocycles. The lowest BCUT2D eigenvalue weighted by Crippen LogP contribution is -2.30. The van der Waals surface area contributed by atoms with Crippen LogP contribution in [0.4, 0.5) is 23.8 Å². The van der Waals surface area contributed by atoms with Crippen LogP contribution in [0.15, 0.2) is 18.2 Å². The van der Waals surface area contributed by atoms with Gasteiger partial charge in [0.15, 0.2) is 11.6 Å². The minimum atomic E-state index is -0.751. The topological polar surface area (TPSA) is 207 Å². The number of amides is 4. The molecule has 3 heterocycles. The van der Waals surface area contributed by atoms with Crippen molar-refractivity contribution in [1.29, 1.82) is 0 Å². The van der Waals surface area contributed by atoms with E-state index >= 15 is 0 Å². The standard InChI is InChI=1S/C31H43N11O4/c1-28(2,3)20(43)37-24-33-18(34-25(41-24)38-21(44)29(4,5)6)16-14-13-15-17(32-16)19-35-26(39-22(45)30(7,8)9)42-27(36-19)40-23(46)31(10,11)12/h13-15H,1-12H3,(H2,33,34,37,38,41,43,44)(H2,35,36,39,40,42,45,46). The summed E-state index contributed by atoms with van der Waals surface area (Å²) >= 11 is 0. The molecule has 15 nitrogen and oxygen atoms in total. The zero-order valence-electron chi connectivity index (χ0n) is 28.5. The zero-order chi connectivity index (χ0) is 34.8. The summed E-state index contributed by atoms with van der Waals surface area (Å²) in [6.45, 7) is 20.9. The highest BCUT2D eigenvalue weighted by Crippen LogP contribution is 2.25. The molecule has 0 unspecified atom stereocenters. The van der Waals surface area contributed by atoms with Gasteiger partial charge in [-0.15, -0.1) is 0 Å². The molecule has 0 aliphatic rings. The molecule has 0 saturated heterocycles. The van der Waals surface area contributed by atoms with Gasteiger partial charge in [-0.3, -0.25) is 40.4 Å². The Morgan fingerprint density at radius 1 is 0.413 bits per heavy atom.